The summed E-state index contributed by atoms with van der Waals surface area (Å²) in [5.41, 5.74) is 6.90. The Hall–Kier alpha value is -2.66. The maximum Gasteiger partial charge on any atom is 0.275 e. The average molecular weight is 439 g/mol. The van der Waals surface area contributed by atoms with Gasteiger partial charge in [-0.25, -0.2) is 10.4 Å². The Balaban J connectivity index is 2.60. The Morgan fingerprint density at radius 2 is 1.66 bits per heavy atom. The van der Waals surface area contributed by atoms with Gasteiger partial charge in [-0.05, 0) is 56.4 Å². The van der Waals surface area contributed by atoms with Gasteiger partial charge in [0.25, 0.3) is 11.8 Å². The molecule has 0 aromatic heterocycles. The number of carbonyl (C=O) groups excluding carboxylic acids is 2. The topological polar surface area (TPSA) is 58.6 Å². The van der Waals surface area contributed by atoms with Crippen LogP contribution < -0.4 is 10.2 Å². The number of rotatable bonds is 8. The van der Waals surface area contributed by atoms with Crippen molar-refractivity contribution in [2.75, 3.05) is 7.11 Å². The molecule has 0 aliphatic rings. The highest BCUT2D eigenvalue weighted by Crippen LogP contribution is 2.27. The van der Waals surface area contributed by atoms with Gasteiger partial charge in [0.05, 0.1) is 7.11 Å². The molecule has 2 aromatic rings. The Bertz CT molecular complexity index is 940. The van der Waals surface area contributed by atoms with Gasteiger partial charge in [0.15, 0.2) is 0 Å². The number of carbonyl (C=O) groups is 2. The molecular formula is C27H38N2O3. The zero-order valence-electron chi connectivity index (χ0n) is 20.8. The number of aryl methyl sites for hydroxylation is 2. The van der Waals surface area contributed by atoms with Gasteiger partial charge in [-0.2, -0.15) is 0 Å². The highest BCUT2D eigenvalue weighted by atomic mass is 16.5. The molecule has 32 heavy (non-hydrogen) atoms. The Morgan fingerprint density at radius 3 is 2.16 bits per heavy atom. The van der Waals surface area contributed by atoms with Crippen molar-refractivity contribution in [1.82, 2.24) is 10.4 Å². The van der Waals surface area contributed by atoms with E-state index in [-0.39, 0.29) is 23.3 Å². The van der Waals surface area contributed by atoms with Crippen LogP contribution in [-0.4, -0.2) is 30.0 Å². The van der Waals surface area contributed by atoms with E-state index in [2.05, 4.69) is 33.1 Å². The van der Waals surface area contributed by atoms with Crippen LogP contribution in [0, 0.1) is 19.3 Å². The first-order chi connectivity index (χ1) is 15.0. The SMILES string of the molecule is CCC[C@H](NN(C(=O)c1cc(C)cc(C)c1)C(=O)c1cccc(OC)c1CC)C(C)(C)C. The van der Waals surface area contributed by atoms with Crippen molar-refractivity contribution in [2.45, 2.75) is 73.8 Å². The van der Waals surface area contributed by atoms with Crippen LogP contribution in [0.1, 0.15) is 84.9 Å². The van der Waals surface area contributed by atoms with Gasteiger partial charge in [-0.15, -0.1) is 0 Å². The van der Waals surface area contributed by atoms with E-state index in [0.29, 0.717) is 23.3 Å². The molecule has 2 aromatic carbocycles. The molecule has 0 aliphatic heterocycles. The predicted molar refractivity (Wildman–Crippen MR) is 130 cm³/mol. The zero-order chi connectivity index (χ0) is 24.1. The van der Waals surface area contributed by atoms with E-state index in [1.54, 1.807) is 19.2 Å². The molecule has 0 aliphatic carbocycles. The predicted octanol–water partition coefficient (Wildman–Crippen LogP) is 5.88. The second-order valence-electron chi connectivity index (χ2n) is 9.50. The van der Waals surface area contributed by atoms with Crippen LogP contribution in [0.25, 0.3) is 0 Å². The molecule has 5 nitrogen and oxygen atoms in total. The van der Waals surface area contributed by atoms with Crippen LogP contribution in [0.3, 0.4) is 0 Å². The summed E-state index contributed by atoms with van der Waals surface area (Å²) >= 11 is 0. The van der Waals surface area contributed by atoms with Crippen LogP contribution in [-0.2, 0) is 6.42 Å². The first kappa shape index (κ1) is 25.6. The van der Waals surface area contributed by atoms with Gasteiger partial charge in [0.2, 0.25) is 0 Å². The van der Waals surface area contributed by atoms with Crippen molar-refractivity contribution in [3.05, 3.63) is 64.2 Å². The number of amides is 2. The molecule has 0 heterocycles. The Kier molecular flexibility index (Phi) is 8.62. The Labute approximate surface area is 193 Å². The minimum Gasteiger partial charge on any atom is -0.496 e. The van der Waals surface area contributed by atoms with Gasteiger partial charge < -0.3 is 4.74 Å². The van der Waals surface area contributed by atoms with Crippen LogP contribution in [0.2, 0.25) is 0 Å². The lowest BCUT2D eigenvalue weighted by Crippen LogP contribution is -2.55. The third-order valence-corrected chi connectivity index (χ3v) is 5.72. The number of methoxy groups -OCH3 is 1. The Morgan fingerprint density at radius 1 is 1.03 bits per heavy atom. The number of hydrogen-bond donors (Lipinski definition) is 1. The van der Waals surface area contributed by atoms with Crippen molar-refractivity contribution in [3.8, 4) is 5.75 Å². The number of hydrazine groups is 1. The van der Waals surface area contributed by atoms with Gasteiger partial charge in [-0.1, -0.05) is 64.3 Å². The maximum atomic E-state index is 13.8. The third-order valence-electron chi connectivity index (χ3n) is 5.72. The van der Waals surface area contributed by atoms with Crippen LogP contribution >= 0.6 is 0 Å². The lowest BCUT2D eigenvalue weighted by atomic mass is 9.84. The number of hydrogen-bond acceptors (Lipinski definition) is 4. The van der Waals surface area contributed by atoms with Gasteiger partial charge in [-0.3, -0.25) is 9.59 Å². The number of benzene rings is 2. The molecule has 0 spiro atoms. The highest BCUT2D eigenvalue weighted by molar-refractivity contribution is 6.10. The molecule has 0 radical (unpaired) electrons. The van der Waals surface area contributed by atoms with Gasteiger partial charge in [0, 0.05) is 22.7 Å². The summed E-state index contributed by atoms with van der Waals surface area (Å²) in [5, 5.41) is 1.22. The van der Waals surface area contributed by atoms with Crippen molar-refractivity contribution >= 4 is 11.8 Å². The molecule has 0 saturated carbocycles. The lowest BCUT2D eigenvalue weighted by molar-refractivity contribution is 0.0424. The second kappa shape index (κ2) is 10.8. The fourth-order valence-electron chi connectivity index (χ4n) is 4.01. The average Bonchev–Trinajstić information content (AvgIpc) is 2.73. The van der Waals surface area contributed by atoms with Crippen molar-refractivity contribution in [3.63, 3.8) is 0 Å². The molecular weight excluding hydrogens is 400 g/mol. The molecule has 0 saturated heterocycles. The van der Waals surface area contributed by atoms with E-state index < -0.39 is 0 Å². The minimum atomic E-state index is -0.365. The van der Waals surface area contributed by atoms with E-state index in [0.717, 1.165) is 29.5 Å². The second-order valence-corrected chi connectivity index (χ2v) is 9.50. The fourth-order valence-corrected chi connectivity index (χ4v) is 4.01. The monoisotopic (exact) mass is 438 g/mol. The summed E-state index contributed by atoms with van der Waals surface area (Å²) in [6.07, 6.45) is 2.40. The van der Waals surface area contributed by atoms with Gasteiger partial charge in [0.1, 0.15) is 5.75 Å². The lowest BCUT2D eigenvalue weighted by Gasteiger charge is -2.36. The summed E-state index contributed by atoms with van der Waals surface area (Å²) in [6, 6.07) is 11.0. The smallest absolute Gasteiger partial charge is 0.275 e. The molecule has 0 fully saturated rings. The van der Waals surface area contributed by atoms with E-state index in [4.69, 9.17) is 4.74 Å². The van der Waals surface area contributed by atoms with Crippen molar-refractivity contribution < 1.29 is 14.3 Å². The van der Waals surface area contributed by atoms with E-state index in [1.165, 1.54) is 5.01 Å². The summed E-state index contributed by atoms with van der Waals surface area (Å²) in [7, 11) is 1.59. The van der Waals surface area contributed by atoms with E-state index in [9.17, 15) is 9.59 Å². The molecule has 1 N–H and O–H groups in total. The van der Waals surface area contributed by atoms with Crippen LogP contribution in [0.5, 0.6) is 5.75 Å². The molecule has 174 valence electrons. The molecule has 5 heteroatoms. The minimum absolute atomic E-state index is 0.0537. The summed E-state index contributed by atoms with van der Waals surface area (Å²) in [5.74, 6) is -0.0645. The third kappa shape index (κ3) is 5.98. The molecule has 0 unspecified atom stereocenters. The maximum absolute atomic E-state index is 13.8. The standard InChI is InChI=1S/C27H38N2O3/c1-9-12-24(27(5,6)7)28-29(25(30)20-16-18(3)15-19(4)17-20)26(31)22-13-11-14-23(32-8)21(22)10-2/h11,13-17,24,28H,9-10,12H2,1-8H3/t24-/m0/s1. The molecule has 2 rings (SSSR count). The number of nitrogens with zero attached hydrogens (tertiary/aromatic N) is 1. The summed E-state index contributed by atoms with van der Waals surface area (Å²) < 4.78 is 5.48. The van der Waals surface area contributed by atoms with Crippen molar-refractivity contribution in [2.24, 2.45) is 5.41 Å². The molecule has 1 atom stereocenters. The number of ether oxygens (including phenoxy) is 1. The first-order valence-corrected chi connectivity index (χ1v) is 11.4. The summed E-state index contributed by atoms with van der Waals surface area (Å²) in [6.45, 7) is 14.3. The van der Waals surface area contributed by atoms with E-state index in [1.807, 2.05) is 45.0 Å². The molecule has 0 bridgehead atoms. The quantitative estimate of drug-likeness (QED) is 0.413. The van der Waals surface area contributed by atoms with Crippen LogP contribution in [0.15, 0.2) is 36.4 Å². The van der Waals surface area contributed by atoms with Crippen LogP contribution in [0.4, 0.5) is 0 Å². The largest absolute Gasteiger partial charge is 0.496 e. The first-order valence-electron chi connectivity index (χ1n) is 11.4. The summed E-state index contributed by atoms with van der Waals surface area (Å²) in [4.78, 5) is 27.5. The van der Waals surface area contributed by atoms with Crippen molar-refractivity contribution in [1.29, 1.82) is 0 Å². The zero-order valence-corrected chi connectivity index (χ0v) is 20.8. The van der Waals surface area contributed by atoms with E-state index >= 15 is 0 Å². The number of imide groups is 1. The fraction of sp³-hybridized carbons (Fsp3) is 0.481. The normalized spacial score (nSPS) is 12.4. The highest BCUT2D eigenvalue weighted by Gasteiger charge is 2.33. The van der Waals surface area contributed by atoms with Gasteiger partial charge >= 0.3 is 0 Å². The molecule has 2 amide bonds. The number of nitrogens with one attached hydrogen (secondary N) is 1.